The van der Waals surface area contributed by atoms with E-state index in [1.165, 1.54) is 12.8 Å². The lowest BCUT2D eigenvalue weighted by Gasteiger charge is -2.24. The van der Waals surface area contributed by atoms with Crippen molar-refractivity contribution in [3.8, 4) is 5.82 Å². The summed E-state index contributed by atoms with van der Waals surface area (Å²) < 4.78 is 3.72. The maximum absolute atomic E-state index is 13.1. The lowest BCUT2D eigenvalue weighted by atomic mass is 10.2. The molecule has 5 nitrogen and oxygen atoms in total. The summed E-state index contributed by atoms with van der Waals surface area (Å²) in [5.41, 5.74) is 0.686. The van der Waals surface area contributed by atoms with Crippen molar-refractivity contribution in [1.29, 1.82) is 0 Å². The Morgan fingerprint density at radius 3 is 2.87 bits per heavy atom. The highest BCUT2D eigenvalue weighted by atomic mass is 32.2. The van der Waals surface area contributed by atoms with Gasteiger partial charge in [-0.25, -0.2) is 0 Å². The first-order valence-electron chi connectivity index (χ1n) is 8.27. The number of carbonyl (C=O) groups is 1. The van der Waals surface area contributed by atoms with Gasteiger partial charge in [0.2, 0.25) is 0 Å². The fourth-order valence-electron chi connectivity index (χ4n) is 3.19. The van der Waals surface area contributed by atoms with Crippen LogP contribution in [-0.4, -0.2) is 49.2 Å². The molecule has 0 bridgehead atoms. The summed E-state index contributed by atoms with van der Waals surface area (Å²) in [7, 11) is 1.88. The molecule has 0 aliphatic carbocycles. The van der Waals surface area contributed by atoms with Gasteiger partial charge in [-0.15, -0.1) is 0 Å². The molecule has 124 valence electrons. The molecule has 0 aromatic carbocycles. The minimum Gasteiger partial charge on any atom is -0.337 e. The second kappa shape index (κ2) is 7.25. The van der Waals surface area contributed by atoms with Gasteiger partial charge in [0, 0.05) is 37.8 Å². The van der Waals surface area contributed by atoms with E-state index < -0.39 is 0 Å². The summed E-state index contributed by atoms with van der Waals surface area (Å²) in [6, 6.07) is 3.92. The molecule has 1 atom stereocenters. The van der Waals surface area contributed by atoms with Gasteiger partial charge in [0.25, 0.3) is 5.91 Å². The first kappa shape index (κ1) is 16.2. The van der Waals surface area contributed by atoms with Crippen LogP contribution in [0.25, 0.3) is 5.82 Å². The van der Waals surface area contributed by atoms with Crippen LogP contribution >= 0.6 is 11.8 Å². The highest BCUT2D eigenvalue weighted by Gasteiger charge is 2.26. The van der Waals surface area contributed by atoms with Gasteiger partial charge in [0.15, 0.2) is 0 Å². The molecule has 0 N–H and O–H groups in total. The van der Waals surface area contributed by atoms with Crippen LogP contribution in [0.15, 0.2) is 30.7 Å². The third-order valence-corrected chi connectivity index (χ3v) is 5.49. The molecular weight excluding hydrogens is 308 g/mol. The number of aryl methyl sites for hydroxylation is 1. The Hall–Kier alpha value is -1.69. The molecule has 1 aliphatic heterocycles. The van der Waals surface area contributed by atoms with Crippen molar-refractivity contribution in [2.75, 3.05) is 18.8 Å². The van der Waals surface area contributed by atoms with E-state index in [9.17, 15) is 4.79 Å². The molecular formula is C17H24N4OS. The van der Waals surface area contributed by atoms with Gasteiger partial charge >= 0.3 is 0 Å². The molecule has 2 aromatic heterocycles. The quantitative estimate of drug-likeness (QED) is 0.864. The molecule has 2 aromatic rings. The average molecular weight is 332 g/mol. The van der Waals surface area contributed by atoms with Crippen LogP contribution in [0.4, 0.5) is 0 Å². The number of hydrogen-bond acceptors (Lipinski definition) is 3. The molecule has 0 radical (unpaired) electrons. The first-order chi connectivity index (χ1) is 11.2. The number of nitrogens with zero attached hydrogens (tertiary/aromatic N) is 4. The Morgan fingerprint density at radius 2 is 2.13 bits per heavy atom. The summed E-state index contributed by atoms with van der Waals surface area (Å²) in [4.78, 5) is 15.1. The van der Waals surface area contributed by atoms with Gasteiger partial charge in [0.1, 0.15) is 11.4 Å². The average Bonchev–Trinajstić information content (AvgIpc) is 3.12. The summed E-state index contributed by atoms with van der Waals surface area (Å²) >= 11 is 1.97. The number of likely N-dealkylation sites (tertiary alicyclic amines) is 1. The number of aromatic nitrogens is 3. The normalized spacial score (nSPS) is 18.9. The molecule has 0 saturated carbocycles. The minimum absolute atomic E-state index is 0.102. The van der Waals surface area contributed by atoms with Crippen molar-refractivity contribution >= 4 is 17.7 Å². The van der Waals surface area contributed by atoms with Crippen LogP contribution in [0.1, 0.15) is 36.5 Å². The number of thioether (sulfide) groups is 1. The standard InChI is InChI=1S/C17H24N4OS/c1-3-23-14-8-4-5-11-21(13-14)17(22)15-12-18-19(2)16(15)20-9-6-7-10-20/h6-7,9-10,12,14H,3-5,8,11,13H2,1-2H3/t14-/m0/s1. The Bertz CT molecular complexity index is 650. The van der Waals surface area contributed by atoms with Crippen molar-refractivity contribution in [3.63, 3.8) is 0 Å². The Balaban J connectivity index is 1.85. The maximum Gasteiger partial charge on any atom is 0.259 e. The van der Waals surface area contributed by atoms with Crippen molar-refractivity contribution in [1.82, 2.24) is 19.2 Å². The SMILES string of the molecule is CCS[C@H]1CCCCN(C(=O)c2cnn(C)c2-n2cccc2)C1. The van der Waals surface area contributed by atoms with Crippen molar-refractivity contribution in [3.05, 3.63) is 36.3 Å². The van der Waals surface area contributed by atoms with Gasteiger partial charge < -0.3 is 9.47 Å². The van der Waals surface area contributed by atoms with Crippen molar-refractivity contribution in [2.45, 2.75) is 31.4 Å². The van der Waals surface area contributed by atoms with E-state index in [4.69, 9.17) is 0 Å². The summed E-state index contributed by atoms with van der Waals surface area (Å²) in [6.45, 7) is 3.88. The fraction of sp³-hybridized carbons (Fsp3) is 0.529. The van der Waals surface area contributed by atoms with E-state index in [-0.39, 0.29) is 5.91 Å². The predicted molar refractivity (Wildman–Crippen MR) is 94.2 cm³/mol. The Kier molecular flexibility index (Phi) is 5.10. The molecule has 3 heterocycles. The van der Waals surface area contributed by atoms with Crippen molar-refractivity contribution in [2.24, 2.45) is 7.05 Å². The second-order valence-corrected chi connectivity index (χ2v) is 7.50. The van der Waals surface area contributed by atoms with Crippen LogP contribution in [0.3, 0.4) is 0 Å². The van der Waals surface area contributed by atoms with Gasteiger partial charge in [-0.1, -0.05) is 13.3 Å². The zero-order valence-electron chi connectivity index (χ0n) is 13.8. The Morgan fingerprint density at radius 1 is 1.35 bits per heavy atom. The molecule has 1 amide bonds. The number of hydrogen-bond donors (Lipinski definition) is 0. The van der Waals surface area contributed by atoms with Gasteiger partial charge in [-0.05, 0) is 30.7 Å². The molecule has 1 fully saturated rings. The predicted octanol–water partition coefficient (Wildman–Crippen LogP) is 2.96. The van der Waals surface area contributed by atoms with E-state index in [2.05, 4.69) is 12.0 Å². The molecule has 1 aliphatic rings. The largest absolute Gasteiger partial charge is 0.337 e. The molecule has 0 spiro atoms. The van der Waals surface area contributed by atoms with Crippen LogP contribution in [-0.2, 0) is 7.05 Å². The van der Waals surface area contributed by atoms with Gasteiger partial charge in [-0.2, -0.15) is 16.9 Å². The van der Waals surface area contributed by atoms with E-state index in [0.29, 0.717) is 10.8 Å². The smallest absolute Gasteiger partial charge is 0.259 e. The minimum atomic E-state index is 0.102. The lowest BCUT2D eigenvalue weighted by Crippen LogP contribution is -2.36. The highest BCUT2D eigenvalue weighted by molar-refractivity contribution is 7.99. The first-order valence-corrected chi connectivity index (χ1v) is 9.31. The lowest BCUT2D eigenvalue weighted by molar-refractivity contribution is 0.0763. The van der Waals surface area contributed by atoms with Gasteiger partial charge in [0.05, 0.1) is 6.20 Å². The molecule has 3 rings (SSSR count). The maximum atomic E-state index is 13.1. The summed E-state index contributed by atoms with van der Waals surface area (Å²) in [5.74, 6) is 2.04. The molecule has 1 saturated heterocycles. The summed E-state index contributed by atoms with van der Waals surface area (Å²) in [5, 5.41) is 4.86. The number of carbonyl (C=O) groups excluding carboxylic acids is 1. The topological polar surface area (TPSA) is 43.1 Å². The zero-order chi connectivity index (χ0) is 16.2. The van der Waals surface area contributed by atoms with Gasteiger partial charge in [-0.3, -0.25) is 9.48 Å². The fourth-order valence-corrected chi connectivity index (χ4v) is 4.28. The number of amides is 1. The van der Waals surface area contributed by atoms with Crippen LogP contribution in [0.2, 0.25) is 0 Å². The third-order valence-electron chi connectivity index (χ3n) is 4.30. The summed E-state index contributed by atoms with van der Waals surface area (Å²) in [6.07, 6.45) is 9.10. The molecule has 23 heavy (non-hydrogen) atoms. The van der Waals surface area contributed by atoms with E-state index in [1.54, 1.807) is 10.9 Å². The van der Waals surface area contributed by atoms with Crippen molar-refractivity contribution < 1.29 is 4.79 Å². The zero-order valence-corrected chi connectivity index (χ0v) is 14.6. The van der Waals surface area contributed by atoms with E-state index in [0.717, 1.165) is 31.1 Å². The highest BCUT2D eigenvalue weighted by Crippen LogP contribution is 2.24. The number of rotatable bonds is 4. The molecule has 0 unspecified atom stereocenters. The van der Waals surface area contributed by atoms with Crippen LogP contribution < -0.4 is 0 Å². The van der Waals surface area contributed by atoms with E-state index in [1.807, 2.05) is 52.8 Å². The monoisotopic (exact) mass is 332 g/mol. The van der Waals surface area contributed by atoms with Crippen LogP contribution in [0, 0.1) is 0 Å². The van der Waals surface area contributed by atoms with Crippen LogP contribution in [0.5, 0.6) is 0 Å². The third kappa shape index (κ3) is 3.47. The Labute approximate surface area is 141 Å². The van der Waals surface area contributed by atoms with E-state index >= 15 is 0 Å². The second-order valence-electron chi connectivity index (χ2n) is 5.92. The molecule has 6 heteroatoms.